The Balaban J connectivity index is 1.54. The Morgan fingerprint density at radius 1 is 0.769 bits per heavy atom. The lowest BCUT2D eigenvalue weighted by Gasteiger charge is -2.07. The van der Waals surface area contributed by atoms with E-state index in [4.69, 9.17) is 14.2 Å². The van der Waals surface area contributed by atoms with Gasteiger partial charge in [0.05, 0.1) is 6.61 Å². The van der Waals surface area contributed by atoms with Crippen molar-refractivity contribution in [3.63, 3.8) is 0 Å². The van der Waals surface area contributed by atoms with Gasteiger partial charge in [0, 0.05) is 6.42 Å². The van der Waals surface area contributed by atoms with E-state index in [1.165, 1.54) is 0 Å². The van der Waals surface area contributed by atoms with Crippen LogP contribution in [0.1, 0.15) is 12.8 Å². The second-order valence-electron chi connectivity index (χ2n) is 5.17. The number of carbonyl (C=O) groups excluding carboxylic acids is 3. The third-order valence-corrected chi connectivity index (χ3v) is 3.09. The first-order chi connectivity index (χ1) is 12.6. The van der Waals surface area contributed by atoms with Gasteiger partial charge in [0.1, 0.15) is 18.0 Å². The average Bonchev–Trinajstić information content (AvgIpc) is 2.65. The lowest BCUT2D eigenvalue weighted by Crippen LogP contribution is -2.33. The van der Waals surface area contributed by atoms with Crippen molar-refractivity contribution in [2.24, 2.45) is 0 Å². The summed E-state index contributed by atoms with van der Waals surface area (Å²) in [6.07, 6.45) is -0.308. The van der Waals surface area contributed by atoms with Crippen LogP contribution >= 0.6 is 0 Å². The van der Waals surface area contributed by atoms with Crippen molar-refractivity contribution in [3.8, 4) is 11.5 Å². The van der Waals surface area contributed by atoms with Crippen molar-refractivity contribution in [2.75, 3.05) is 13.2 Å². The molecule has 0 heterocycles. The number of ether oxygens (including phenoxy) is 3. The minimum Gasteiger partial charge on any atom is -0.464 e. The molecule has 0 spiro atoms. The van der Waals surface area contributed by atoms with Crippen molar-refractivity contribution in [3.05, 3.63) is 60.7 Å². The van der Waals surface area contributed by atoms with E-state index >= 15 is 0 Å². The summed E-state index contributed by atoms with van der Waals surface area (Å²) in [6, 6.07) is 17.2. The number of esters is 2. The number of nitrogens with one attached hydrogen (secondary N) is 1. The quantitative estimate of drug-likeness (QED) is 0.444. The number of carbonyl (C=O) groups is 3. The molecule has 7 nitrogen and oxygen atoms in total. The summed E-state index contributed by atoms with van der Waals surface area (Å²) in [5, 5.41) is 2.29. The van der Waals surface area contributed by atoms with Gasteiger partial charge in [-0.3, -0.25) is 9.59 Å². The molecule has 7 heteroatoms. The standard InChI is InChI=1S/C19H19NO6/c21-17(25-15-8-3-1-4-9-15)12-7-13-24-18(22)14-20-19(23)26-16-10-5-2-6-11-16/h1-6,8-11H,7,12-14H2,(H,20,23). The van der Waals surface area contributed by atoms with Crippen LogP contribution in [0.3, 0.4) is 0 Å². The van der Waals surface area contributed by atoms with E-state index in [-0.39, 0.29) is 19.6 Å². The summed E-state index contributed by atoms with van der Waals surface area (Å²) in [5.41, 5.74) is 0. The van der Waals surface area contributed by atoms with Crippen LogP contribution in [0.2, 0.25) is 0 Å². The summed E-state index contributed by atoms with van der Waals surface area (Å²) in [6.45, 7) is -0.266. The first kappa shape index (κ1) is 19.0. The van der Waals surface area contributed by atoms with E-state index in [2.05, 4.69) is 5.32 Å². The third kappa shape index (κ3) is 7.48. The van der Waals surface area contributed by atoms with Gasteiger partial charge in [-0.2, -0.15) is 0 Å². The molecule has 0 radical (unpaired) electrons. The van der Waals surface area contributed by atoms with Gasteiger partial charge in [-0.1, -0.05) is 36.4 Å². The van der Waals surface area contributed by atoms with E-state index in [9.17, 15) is 14.4 Å². The Kier molecular flexibility index (Phi) is 7.67. The fourth-order valence-corrected chi connectivity index (χ4v) is 1.90. The van der Waals surface area contributed by atoms with Crippen molar-refractivity contribution < 1.29 is 28.6 Å². The molecule has 0 unspecified atom stereocenters. The third-order valence-electron chi connectivity index (χ3n) is 3.09. The maximum absolute atomic E-state index is 11.6. The predicted octanol–water partition coefficient (Wildman–Crippen LogP) is 2.70. The molecule has 0 saturated heterocycles. The van der Waals surface area contributed by atoms with E-state index < -0.39 is 18.0 Å². The van der Waals surface area contributed by atoms with Crippen molar-refractivity contribution >= 4 is 18.0 Å². The molecular weight excluding hydrogens is 338 g/mol. The molecule has 1 amide bonds. The topological polar surface area (TPSA) is 90.9 Å². The van der Waals surface area contributed by atoms with Crippen LogP contribution in [0, 0.1) is 0 Å². The van der Waals surface area contributed by atoms with Crippen molar-refractivity contribution in [1.82, 2.24) is 5.32 Å². The van der Waals surface area contributed by atoms with Crippen LogP contribution in [0.5, 0.6) is 11.5 Å². The molecule has 0 fully saturated rings. The Hall–Kier alpha value is -3.35. The first-order valence-corrected chi connectivity index (χ1v) is 8.05. The smallest absolute Gasteiger partial charge is 0.413 e. The van der Waals surface area contributed by atoms with Gasteiger partial charge < -0.3 is 19.5 Å². The minimum atomic E-state index is -0.750. The predicted molar refractivity (Wildman–Crippen MR) is 92.7 cm³/mol. The SMILES string of the molecule is O=C(CNC(=O)Oc1ccccc1)OCCCC(=O)Oc1ccccc1. The minimum absolute atomic E-state index is 0.0537. The van der Waals surface area contributed by atoms with E-state index in [0.717, 1.165) is 0 Å². The molecule has 0 aliphatic rings. The van der Waals surface area contributed by atoms with Gasteiger partial charge >= 0.3 is 18.0 Å². The fourth-order valence-electron chi connectivity index (χ4n) is 1.90. The van der Waals surface area contributed by atoms with Gasteiger partial charge in [-0.05, 0) is 30.7 Å². The molecule has 26 heavy (non-hydrogen) atoms. The van der Waals surface area contributed by atoms with E-state index in [0.29, 0.717) is 17.9 Å². The molecule has 136 valence electrons. The van der Waals surface area contributed by atoms with Gasteiger partial charge in [0.15, 0.2) is 0 Å². The van der Waals surface area contributed by atoms with Crippen LogP contribution < -0.4 is 14.8 Å². The second-order valence-corrected chi connectivity index (χ2v) is 5.17. The molecule has 2 rings (SSSR count). The van der Waals surface area contributed by atoms with Crippen LogP contribution in [0.25, 0.3) is 0 Å². The number of benzene rings is 2. The van der Waals surface area contributed by atoms with Gasteiger partial charge in [0.25, 0.3) is 0 Å². The highest BCUT2D eigenvalue weighted by Crippen LogP contribution is 2.10. The van der Waals surface area contributed by atoms with Gasteiger partial charge in [-0.25, -0.2) is 4.79 Å². The lowest BCUT2D eigenvalue weighted by molar-refractivity contribution is -0.143. The molecule has 0 bridgehead atoms. The second kappa shape index (κ2) is 10.5. The molecule has 0 aromatic heterocycles. The highest BCUT2D eigenvalue weighted by Gasteiger charge is 2.09. The Labute approximate surface area is 150 Å². The summed E-state index contributed by atoms with van der Waals surface area (Å²) in [7, 11) is 0. The van der Waals surface area contributed by atoms with Crippen molar-refractivity contribution in [1.29, 1.82) is 0 Å². The molecule has 0 atom stereocenters. The number of amides is 1. The van der Waals surface area contributed by atoms with Crippen LogP contribution in [0.15, 0.2) is 60.7 Å². The van der Waals surface area contributed by atoms with Crippen LogP contribution in [-0.2, 0) is 14.3 Å². The van der Waals surface area contributed by atoms with Gasteiger partial charge in [-0.15, -0.1) is 0 Å². The summed E-state index contributed by atoms with van der Waals surface area (Å²) >= 11 is 0. The fraction of sp³-hybridized carbons (Fsp3) is 0.211. The zero-order chi connectivity index (χ0) is 18.6. The number of hydrogen-bond donors (Lipinski definition) is 1. The Bertz CT molecular complexity index is 717. The monoisotopic (exact) mass is 357 g/mol. The molecule has 0 aliphatic carbocycles. The highest BCUT2D eigenvalue weighted by atomic mass is 16.6. The zero-order valence-corrected chi connectivity index (χ0v) is 14.1. The Morgan fingerprint density at radius 3 is 1.96 bits per heavy atom. The van der Waals surface area contributed by atoms with E-state index in [1.807, 2.05) is 6.07 Å². The van der Waals surface area contributed by atoms with Crippen LogP contribution in [-0.4, -0.2) is 31.2 Å². The summed E-state index contributed by atoms with van der Waals surface area (Å²) in [4.78, 5) is 34.6. The molecule has 0 saturated carbocycles. The van der Waals surface area contributed by atoms with Crippen LogP contribution in [0.4, 0.5) is 4.79 Å². The number of rotatable bonds is 8. The molecule has 2 aromatic carbocycles. The summed E-state index contributed by atoms with van der Waals surface area (Å²) < 4.78 is 15.0. The highest BCUT2D eigenvalue weighted by molar-refractivity contribution is 5.79. The Morgan fingerprint density at radius 2 is 1.35 bits per heavy atom. The first-order valence-electron chi connectivity index (χ1n) is 8.05. The average molecular weight is 357 g/mol. The molecular formula is C19H19NO6. The molecule has 0 aliphatic heterocycles. The van der Waals surface area contributed by atoms with Crippen molar-refractivity contribution in [2.45, 2.75) is 12.8 Å². The maximum Gasteiger partial charge on any atom is 0.413 e. The number of hydrogen-bond acceptors (Lipinski definition) is 6. The molecule has 2 aromatic rings. The zero-order valence-electron chi connectivity index (χ0n) is 14.1. The normalized spacial score (nSPS) is 9.85. The molecule has 1 N–H and O–H groups in total. The lowest BCUT2D eigenvalue weighted by atomic mass is 10.3. The summed E-state index contributed by atoms with van der Waals surface area (Å²) in [5.74, 6) is -0.186. The number of para-hydroxylation sites is 2. The largest absolute Gasteiger partial charge is 0.464 e. The van der Waals surface area contributed by atoms with Gasteiger partial charge in [0.2, 0.25) is 0 Å². The maximum atomic E-state index is 11.6. The van der Waals surface area contributed by atoms with E-state index in [1.54, 1.807) is 54.6 Å².